The Morgan fingerprint density at radius 3 is 1.97 bits per heavy atom. The van der Waals surface area contributed by atoms with Crippen LogP contribution < -0.4 is 19.1 Å². The smallest absolute Gasteiger partial charge is 0.233 e. The van der Waals surface area contributed by atoms with E-state index in [0.717, 1.165) is 24.8 Å². The van der Waals surface area contributed by atoms with Crippen molar-refractivity contribution in [2.75, 3.05) is 26.2 Å². The van der Waals surface area contributed by atoms with E-state index in [4.69, 9.17) is 14.2 Å². The molecule has 4 rings (SSSR count). The van der Waals surface area contributed by atoms with Crippen molar-refractivity contribution in [1.29, 1.82) is 0 Å². The van der Waals surface area contributed by atoms with Gasteiger partial charge in [0.05, 0.1) is 33.3 Å². The molecule has 5 nitrogen and oxygen atoms in total. The number of β-lactam (4-membered cyclic amide) rings is 1. The average Bonchev–Trinajstić information content (AvgIpc) is 2.85. The quantitative estimate of drug-likeness (QED) is 0.423. The Labute approximate surface area is 189 Å². The molecule has 0 saturated carbocycles. The van der Waals surface area contributed by atoms with Gasteiger partial charge in [0, 0.05) is 12.1 Å². The monoisotopic (exact) mass is 431 g/mol. The van der Waals surface area contributed by atoms with E-state index < -0.39 is 0 Å². The lowest BCUT2D eigenvalue weighted by atomic mass is 9.78. The average molecular weight is 432 g/mol. The van der Waals surface area contributed by atoms with E-state index in [0.29, 0.717) is 22.9 Å². The van der Waals surface area contributed by atoms with Gasteiger partial charge < -0.3 is 14.2 Å². The fourth-order valence-corrected chi connectivity index (χ4v) is 4.51. The number of aryl methyl sites for hydroxylation is 1. The van der Waals surface area contributed by atoms with Gasteiger partial charge >= 0.3 is 0 Å². The molecule has 0 radical (unpaired) electrons. The van der Waals surface area contributed by atoms with Crippen molar-refractivity contribution in [3.63, 3.8) is 0 Å². The van der Waals surface area contributed by atoms with Crippen LogP contribution in [0.3, 0.4) is 0 Å². The maximum atomic E-state index is 13.5. The van der Waals surface area contributed by atoms with Crippen molar-refractivity contribution in [3.8, 4) is 17.2 Å². The molecule has 0 spiro atoms. The van der Waals surface area contributed by atoms with Gasteiger partial charge in [0.2, 0.25) is 5.91 Å². The van der Waals surface area contributed by atoms with Crippen molar-refractivity contribution in [3.05, 3.63) is 83.9 Å². The van der Waals surface area contributed by atoms with E-state index in [9.17, 15) is 4.79 Å². The lowest BCUT2D eigenvalue weighted by molar-refractivity contribution is -0.130. The highest BCUT2D eigenvalue weighted by Gasteiger charge is 2.50. The second-order valence-electron chi connectivity index (χ2n) is 7.93. The third-order valence-corrected chi connectivity index (χ3v) is 6.11. The summed E-state index contributed by atoms with van der Waals surface area (Å²) >= 11 is 0. The molecule has 0 bridgehead atoms. The summed E-state index contributed by atoms with van der Waals surface area (Å²) in [7, 11) is 4.78. The highest BCUT2D eigenvalue weighted by atomic mass is 16.5. The zero-order chi connectivity index (χ0) is 22.5. The second kappa shape index (κ2) is 9.77. The van der Waals surface area contributed by atoms with E-state index in [2.05, 4.69) is 36.4 Å². The summed E-state index contributed by atoms with van der Waals surface area (Å²) in [4.78, 5) is 15.3. The minimum absolute atomic E-state index is 0.0735. The molecule has 1 aliphatic heterocycles. The summed E-state index contributed by atoms with van der Waals surface area (Å²) < 4.78 is 16.7. The zero-order valence-corrected chi connectivity index (χ0v) is 18.8. The Morgan fingerprint density at radius 2 is 1.41 bits per heavy atom. The number of hydrogen-bond acceptors (Lipinski definition) is 4. The van der Waals surface area contributed by atoms with Crippen molar-refractivity contribution in [2.45, 2.75) is 25.3 Å². The van der Waals surface area contributed by atoms with Gasteiger partial charge in [0.1, 0.15) is 22.9 Å². The summed E-state index contributed by atoms with van der Waals surface area (Å²) in [5.74, 6) is 1.73. The molecule has 0 unspecified atom stereocenters. The van der Waals surface area contributed by atoms with Crippen LogP contribution in [0.15, 0.2) is 72.8 Å². The van der Waals surface area contributed by atoms with E-state index in [1.807, 2.05) is 29.2 Å². The van der Waals surface area contributed by atoms with Crippen molar-refractivity contribution < 1.29 is 19.0 Å². The van der Waals surface area contributed by atoms with Crippen LogP contribution in [0.2, 0.25) is 0 Å². The third kappa shape index (κ3) is 4.15. The van der Waals surface area contributed by atoms with Crippen molar-refractivity contribution in [2.24, 2.45) is 5.92 Å². The number of amides is 1. The molecule has 0 N–H and O–H groups in total. The summed E-state index contributed by atoms with van der Waals surface area (Å²) in [6.07, 6.45) is 2.74. The molecule has 1 fully saturated rings. The van der Waals surface area contributed by atoms with Crippen molar-refractivity contribution >= 4 is 11.6 Å². The molecule has 5 heteroatoms. The van der Waals surface area contributed by atoms with Gasteiger partial charge in [0.25, 0.3) is 0 Å². The third-order valence-electron chi connectivity index (χ3n) is 6.11. The van der Waals surface area contributed by atoms with Gasteiger partial charge in [-0.05, 0) is 30.4 Å². The minimum atomic E-state index is -0.0855. The number of carbonyl (C=O) groups is 1. The van der Waals surface area contributed by atoms with Gasteiger partial charge in [-0.25, -0.2) is 0 Å². The molecule has 0 aromatic heterocycles. The Kier molecular flexibility index (Phi) is 6.64. The van der Waals surface area contributed by atoms with Gasteiger partial charge in [0.15, 0.2) is 0 Å². The first-order valence-corrected chi connectivity index (χ1v) is 10.9. The van der Waals surface area contributed by atoms with Crippen LogP contribution in [0.1, 0.15) is 30.0 Å². The summed E-state index contributed by atoms with van der Waals surface area (Å²) in [6.45, 7) is 0. The first-order chi connectivity index (χ1) is 15.7. The maximum absolute atomic E-state index is 13.5. The van der Waals surface area contributed by atoms with Gasteiger partial charge in [-0.15, -0.1) is 0 Å². The van der Waals surface area contributed by atoms with E-state index >= 15 is 0 Å². The fraction of sp³-hybridized carbons (Fsp3) is 0.296. The molecule has 0 aliphatic carbocycles. The molecule has 1 saturated heterocycles. The molecular formula is C27H29NO4. The predicted molar refractivity (Wildman–Crippen MR) is 126 cm³/mol. The first kappa shape index (κ1) is 21.8. The Balaban J connectivity index is 1.64. The number of ether oxygens (including phenoxy) is 3. The van der Waals surface area contributed by atoms with E-state index in [1.54, 1.807) is 33.5 Å². The number of nitrogens with zero attached hydrogens (tertiary/aromatic N) is 1. The number of hydrogen-bond donors (Lipinski definition) is 0. The normalized spacial score (nSPS) is 17.6. The Bertz CT molecular complexity index is 1030. The highest BCUT2D eigenvalue weighted by molar-refractivity contribution is 6.05. The van der Waals surface area contributed by atoms with Crippen LogP contribution in [-0.4, -0.2) is 27.2 Å². The lowest BCUT2D eigenvalue weighted by Gasteiger charge is -2.48. The number of benzene rings is 3. The van der Waals surface area contributed by atoms with Crippen LogP contribution in [0.4, 0.5) is 5.69 Å². The Morgan fingerprint density at radius 1 is 0.812 bits per heavy atom. The SMILES string of the molecule is COc1cc(OC)c(N2C(=O)[C@@H](CCCc3ccccc3)[C@H]2c2ccccc2)c(OC)c1. The second-order valence-corrected chi connectivity index (χ2v) is 7.93. The van der Waals surface area contributed by atoms with Crippen LogP contribution >= 0.6 is 0 Å². The highest BCUT2D eigenvalue weighted by Crippen LogP contribution is 2.52. The predicted octanol–water partition coefficient (Wildman–Crippen LogP) is 5.44. The minimum Gasteiger partial charge on any atom is -0.496 e. The molecule has 1 amide bonds. The van der Waals surface area contributed by atoms with Crippen LogP contribution in [0, 0.1) is 5.92 Å². The van der Waals surface area contributed by atoms with E-state index in [1.165, 1.54) is 5.56 Å². The molecule has 32 heavy (non-hydrogen) atoms. The summed E-state index contributed by atoms with van der Waals surface area (Å²) in [5.41, 5.74) is 3.05. The van der Waals surface area contributed by atoms with Crippen LogP contribution in [-0.2, 0) is 11.2 Å². The topological polar surface area (TPSA) is 48.0 Å². The van der Waals surface area contributed by atoms with Crippen LogP contribution in [0.5, 0.6) is 17.2 Å². The summed E-state index contributed by atoms with van der Waals surface area (Å²) in [6, 6.07) is 24.1. The molecule has 166 valence electrons. The van der Waals surface area contributed by atoms with Gasteiger partial charge in [-0.2, -0.15) is 0 Å². The molecule has 1 aliphatic rings. The largest absolute Gasteiger partial charge is 0.496 e. The molecule has 1 heterocycles. The molecule has 3 aromatic rings. The van der Waals surface area contributed by atoms with Gasteiger partial charge in [-0.3, -0.25) is 9.69 Å². The number of anilines is 1. The molecule has 3 aromatic carbocycles. The lowest BCUT2D eigenvalue weighted by Crippen LogP contribution is -2.55. The van der Waals surface area contributed by atoms with Crippen molar-refractivity contribution in [1.82, 2.24) is 0 Å². The summed E-state index contributed by atoms with van der Waals surface area (Å²) in [5, 5.41) is 0. The molecular weight excluding hydrogens is 402 g/mol. The number of rotatable bonds is 9. The number of carbonyl (C=O) groups excluding carboxylic acids is 1. The fourth-order valence-electron chi connectivity index (χ4n) is 4.51. The standard InChI is InChI=1S/C27H29NO4/c1-30-21-17-23(31-2)26(24(18-21)32-3)28-25(20-14-8-5-9-15-20)22(27(28)29)16-10-13-19-11-6-4-7-12-19/h4-9,11-12,14-15,17-18,22,25H,10,13,16H2,1-3H3/t22-,25+/m0/s1. The first-order valence-electron chi connectivity index (χ1n) is 10.9. The Hall–Kier alpha value is -3.47. The van der Waals surface area contributed by atoms with E-state index in [-0.39, 0.29) is 17.9 Å². The number of methoxy groups -OCH3 is 3. The van der Waals surface area contributed by atoms with Crippen LogP contribution in [0.25, 0.3) is 0 Å². The maximum Gasteiger partial charge on any atom is 0.233 e. The van der Waals surface area contributed by atoms with Gasteiger partial charge in [-0.1, -0.05) is 60.7 Å². The zero-order valence-electron chi connectivity index (χ0n) is 18.8. The molecule has 2 atom stereocenters.